The summed E-state index contributed by atoms with van der Waals surface area (Å²) in [6.45, 7) is 3.64. The van der Waals surface area contributed by atoms with Gasteiger partial charge in [-0.15, -0.1) is 11.3 Å². The average Bonchev–Trinajstić information content (AvgIpc) is 3.14. The fraction of sp³-hybridized carbons (Fsp3) is 0.263. The third-order valence-electron chi connectivity index (χ3n) is 4.38. The summed E-state index contributed by atoms with van der Waals surface area (Å²) in [5.41, 5.74) is 0.411. The fourth-order valence-electron chi connectivity index (χ4n) is 2.94. The highest BCUT2D eigenvalue weighted by atomic mass is 32.1. The minimum absolute atomic E-state index is 0.0339. The Balaban J connectivity index is 2.23. The van der Waals surface area contributed by atoms with E-state index in [9.17, 15) is 20.0 Å². The maximum absolute atomic E-state index is 12.4. The highest BCUT2D eigenvalue weighted by Crippen LogP contribution is 2.43. The van der Waals surface area contributed by atoms with Crippen molar-refractivity contribution in [2.75, 3.05) is 0 Å². The smallest absolute Gasteiger partial charge is 0.279 e. The number of phenols is 1. The molecule has 2 heterocycles. The van der Waals surface area contributed by atoms with Gasteiger partial charge in [-0.2, -0.15) is 0 Å². The monoisotopic (exact) mass is 370 g/mol. The summed E-state index contributed by atoms with van der Waals surface area (Å²) < 4.78 is 0. The second kappa shape index (κ2) is 7.21. The van der Waals surface area contributed by atoms with Gasteiger partial charge in [-0.1, -0.05) is 19.9 Å². The van der Waals surface area contributed by atoms with Crippen LogP contribution in [0.2, 0.25) is 0 Å². The van der Waals surface area contributed by atoms with Crippen LogP contribution in [-0.2, 0) is 4.79 Å². The Morgan fingerprint density at radius 2 is 2.12 bits per heavy atom. The summed E-state index contributed by atoms with van der Waals surface area (Å²) in [5.74, 6) is -0.684. The number of carbonyl (C=O) groups is 1. The third-order valence-corrected chi connectivity index (χ3v) is 5.37. The summed E-state index contributed by atoms with van der Waals surface area (Å²) >= 11 is 1.45. The maximum atomic E-state index is 12.4. The molecular weight excluding hydrogens is 352 g/mol. The number of nitro benzene ring substituents is 1. The molecule has 0 aliphatic rings. The molecule has 0 spiro atoms. The number of carbonyl (C=O) groups excluding carboxylic acids is 1. The number of aromatic nitrogens is 1. The molecule has 26 heavy (non-hydrogen) atoms. The van der Waals surface area contributed by atoms with Gasteiger partial charge in [0.2, 0.25) is 0 Å². The number of hydrogen-bond acceptors (Lipinski definition) is 6. The predicted octanol–water partition coefficient (Wildman–Crippen LogP) is 4.66. The van der Waals surface area contributed by atoms with Crippen LogP contribution >= 0.6 is 11.3 Å². The van der Waals surface area contributed by atoms with Gasteiger partial charge in [0.25, 0.3) is 5.69 Å². The Hall–Kier alpha value is -2.80. The van der Waals surface area contributed by atoms with Crippen LogP contribution in [0.15, 0.2) is 41.9 Å². The van der Waals surface area contributed by atoms with E-state index in [1.807, 2.05) is 31.4 Å². The van der Waals surface area contributed by atoms with E-state index >= 15 is 0 Å². The molecule has 134 valence electrons. The van der Waals surface area contributed by atoms with Crippen LogP contribution in [0.3, 0.4) is 0 Å². The van der Waals surface area contributed by atoms with E-state index in [0.717, 1.165) is 4.88 Å². The molecule has 0 aliphatic heterocycles. The summed E-state index contributed by atoms with van der Waals surface area (Å²) in [7, 11) is 0. The third kappa shape index (κ3) is 3.30. The molecule has 3 rings (SSSR count). The van der Waals surface area contributed by atoms with E-state index in [1.165, 1.54) is 23.6 Å². The molecule has 0 radical (unpaired) electrons. The number of benzene rings is 1. The van der Waals surface area contributed by atoms with Gasteiger partial charge in [-0.05, 0) is 23.6 Å². The molecule has 2 aromatic heterocycles. The second-order valence-corrected chi connectivity index (χ2v) is 7.36. The summed E-state index contributed by atoms with van der Waals surface area (Å²) in [5, 5.41) is 24.5. The molecule has 6 nitrogen and oxygen atoms in total. The molecule has 1 N–H and O–H groups in total. The number of ketones is 1. The summed E-state index contributed by atoms with van der Waals surface area (Å²) in [6.07, 6.45) is 1.65. The van der Waals surface area contributed by atoms with Crippen LogP contribution in [0.4, 0.5) is 5.69 Å². The quantitative estimate of drug-likeness (QED) is 0.503. The molecule has 0 fully saturated rings. The van der Waals surface area contributed by atoms with Gasteiger partial charge >= 0.3 is 0 Å². The number of thiophene rings is 1. The highest BCUT2D eigenvalue weighted by molar-refractivity contribution is 7.10. The Kier molecular flexibility index (Phi) is 4.99. The number of aromatic hydroxyl groups is 1. The molecule has 1 unspecified atom stereocenters. The number of Topliss-reactive ketones (excluding diaryl/α,β-unsaturated/α-hetero) is 1. The minimum Gasteiger partial charge on any atom is -0.505 e. The van der Waals surface area contributed by atoms with Crippen LogP contribution in [0.1, 0.15) is 36.6 Å². The molecule has 0 amide bonds. The van der Waals surface area contributed by atoms with E-state index in [2.05, 4.69) is 4.98 Å². The fourth-order valence-corrected chi connectivity index (χ4v) is 3.78. The molecule has 0 saturated heterocycles. The topological polar surface area (TPSA) is 93.3 Å². The lowest BCUT2D eigenvalue weighted by Crippen LogP contribution is -2.13. The number of nitro groups is 1. The van der Waals surface area contributed by atoms with Crippen molar-refractivity contribution in [3.8, 4) is 5.75 Å². The van der Waals surface area contributed by atoms with E-state index in [1.54, 1.807) is 12.1 Å². The lowest BCUT2D eigenvalue weighted by molar-refractivity contribution is -0.383. The Labute approximate surface area is 154 Å². The molecule has 3 aromatic rings. The number of phenolic OH excluding ortho intramolecular Hbond substituents is 1. The highest BCUT2D eigenvalue weighted by Gasteiger charge is 2.28. The van der Waals surface area contributed by atoms with Crippen molar-refractivity contribution in [1.29, 1.82) is 0 Å². The SMILES string of the molecule is CC(C)C(=O)CC(c1cccs1)c1cc([N+](=O)[O-])c2cccnc2c1O. The zero-order valence-electron chi connectivity index (χ0n) is 14.4. The van der Waals surface area contributed by atoms with E-state index < -0.39 is 10.8 Å². The Morgan fingerprint density at radius 3 is 2.73 bits per heavy atom. The molecular formula is C19H18N2O4S. The molecule has 0 bridgehead atoms. The predicted molar refractivity (Wildman–Crippen MR) is 101 cm³/mol. The molecule has 7 heteroatoms. The molecule has 0 saturated carbocycles. The van der Waals surface area contributed by atoms with Gasteiger partial charge in [0.15, 0.2) is 0 Å². The summed E-state index contributed by atoms with van der Waals surface area (Å²) in [4.78, 5) is 28.5. The summed E-state index contributed by atoms with van der Waals surface area (Å²) in [6, 6.07) is 8.25. The van der Waals surface area contributed by atoms with Gasteiger partial charge in [0, 0.05) is 41.0 Å². The number of hydrogen-bond donors (Lipinski definition) is 1. The molecule has 0 aliphatic carbocycles. The van der Waals surface area contributed by atoms with Gasteiger partial charge < -0.3 is 5.11 Å². The van der Waals surface area contributed by atoms with Gasteiger partial charge in [-0.3, -0.25) is 19.9 Å². The number of non-ortho nitro benzene ring substituents is 1. The lowest BCUT2D eigenvalue weighted by atomic mass is 9.87. The van der Waals surface area contributed by atoms with Crippen molar-refractivity contribution in [3.63, 3.8) is 0 Å². The van der Waals surface area contributed by atoms with Gasteiger partial charge in [0.05, 0.1) is 10.3 Å². The van der Waals surface area contributed by atoms with Crippen molar-refractivity contribution < 1.29 is 14.8 Å². The number of rotatable bonds is 6. The number of pyridine rings is 1. The zero-order chi connectivity index (χ0) is 18.8. The minimum atomic E-state index is -0.483. The first-order valence-corrected chi connectivity index (χ1v) is 9.09. The van der Waals surface area contributed by atoms with E-state index in [4.69, 9.17) is 0 Å². The largest absolute Gasteiger partial charge is 0.505 e. The Bertz CT molecular complexity index is 967. The zero-order valence-corrected chi connectivity index (χ0v) is 15.2. The average molecular weight is 370 g/mol. The standard InChI is InChI=1S/C19H18N2O4S/c1-11(2)16(22)10-13(17-6-4-8-26-17)14-9-15(21(24)25)12-5-3-7-20-18(12)19(14)23/h3-9,11,13,23H,10H2,1-2H3. The van der Waals surface area contributed by atoms with Gasteiger partial charge in [-0.25, -0.2) is 0 Å². The van der Waals surface area contributed by atoms with Crippen molar-refractivity contribution in [3.05, 3.63) is 62.5 Å². The number of fused-ring (bicyclic) bond motifs is 1. The van der Waals surface area contributed by atoms with Crippen LogP contribution in [0.25, 0.3) is 10.9 Å². The van der Waals surface area contributed by atoms with Crippen molar-refractivity contribution >= 4 is 33.7 Å². The van der Waals surface area contributed by atoms with Crippen molar-refractivity contribution in [2.24, 2.45) is 5.92 Å². The number of nitrogens with zero attached hydrogens (tertiary/aromatic N) is 2. The van der Waals surface area contributed by atoms with Crippen LogP contribution in [0.5, 0.6) is 5.75 Å². The lowest BCUT2D eigenvalue weighted by Gasteiger charge is -2.18. The first-order chi connectivity index (χ1) is 12.4. The molecule has 1 atom stereocenters. The van der Waals surface area contributed by atoms with Crippen LogP contribution < -0.4 is 0 Å². The second-order valence-electron chi connectivity index (χ2n) is 6.38. The van der Waals surface area contributed by atoms with E-state index in [0.29, 0.717) is 5.56 Å². The van der Waals surface area contributed by atoms with Gasteiger partial charge in [0.1, 0.15) is 17.0 Å². The maximum Gasteiger partial charge on any atom is 0.279 e. The first-order valence-electron chi connectivity index (χ1n) is 8.21. The van der Waals surface area contributed by atoms with Crippen molar-refractivity contribution in [2.45, 2.75) is 26.2 Å². The first kappa shape index (κ1) is 18.0. The normalized spacial score (nSPS) is 12.4. The van der Waals surface area contributed by atoms with Crippen LogP contribution in [-0.4, -0.2) is 20.8 Å². The van der Waals surface area contributed by atoms with Crippen LogP contribution in [0, 0.1) is 16.0 Å². The van der Waals surface area contributed by atoms with E-state index in [-0.39, 0.29) is 40.5 Å². The van der Waals surface area contributed by atoms with Crippen molar-refractivity contribution in [1.82, 2.24) is 4.98 Å². The Morgan fingerprint density at radius 1 is 1.35 bits per heavy atom. The molecule has 1 aromatic carbocycles.